The molecule has 4 rings (SSSR count). The molecule has 1 atom stereocenters. The van der Waals surface area contributed by atoms with Gasteiger partial charge in [-0.3, -0.25) is 10.1 Å². The number of aromatic nitrogens is 2. The highest BCUT2D eigenvalue weighted by molar-refractivity contribution is 7.89. The molecule has 0 aliphatic heterocycles. The number of carbonyl (C=O) groups is 1. The van der Waals surface area contributed by atoms with Crippen LogP contribution in [0.1, 0.15) is 11.1 Å². The average Bonchev–Trinajstić information content (AvgIpc) is 3.37. The number of carbonyl (C=O) groups excluding carboxylic acids is 1. The molecule has 0 radical (unpaired) electrons. The van der Waals surface area contributed by atoms with Crippen molar-refractivity contribution >= 4 is 32.4 Å². The van der Waals surface area contributed by atoms with Gasteiger partial charge in [0.15, 0.2) is 0 Å². The quantitative estimate of drug-likeness (QED) is 0.304. The number of hydrogen-bond donors (Lipinski definition) is 2. The van der Waals surface area contributed by atoms with Gasteiger partial charge in [-0.1, -0.05) is 59.9 Å². The summed E-state index contributed by atoms with van der Waals surface area (Å²) in [4.78, 5) is 12.6. The fraction of sp³-hybridized carbons (Fsp3) is 0.160. The van der Waals surface area contributed by atoms with Gasteiger partial charge in [0.1, 0.15) is 16.8 Å². The molecular formula is C25H21F3N4O4S2. The first-order valence-electron chi connectivity index (χ1n) is 11.1. The van der Waals surface area contributed by atoms with Crippen LogP contribution in [0.15, 0.2) is 83.8 Å². The van der Waals surface area contributed by atoms with Crippen LogP contribution in [-0.4, -0.2) is 37.7 Å². The average molecular weight is 563 g/mol. The van der Waals surface area contributed by atoms with Crippen LogP contribution in [0.2, 0.25) is 0 Å². The second-order valence-corrected chi connectivity index (χ2v) is 10.7. The van der Waals surface area contributed by atoms with Crippen LogP contribution in [-0.2, 0) is 27.4 Å². The summed E-state index contributed by atoms with van der Waals surface area (Å²) in [7, 11) is -2.98. The van der Waals surface area contributed by atoms with E-state index >= 15 is 0 Å². The lowest BCUT2D eigenvalue weighted by Crippen LogP contribution is -2.45. The Labute approximate surface area is 220 Å². The molecule has 2 N–H and O–H groups in total. The minimum Gasteiger partial charge on any atom is -0.497 e. The summed E-state index contributed by atoms with van der Waals surface area (Å²) < 4.78 is 72.9. The van der Waals surface area contributed by atoms with Gasteiger partial charge in [0.05, 0.1) is 17.6 Å². The van der Waals surface area contributed by atoms with Gasteiger partial charge in [-0.25, -0.2) is 8.42 Å². The molecule has 3 aromatic carbocycles. The number of hydrogen-bond acceptors (Lipinski definition) is 7. The van der Waals surface area contributed by atoms with Gasteiger partial charge in [-0.2, -0.15) is 17.9 Å². The fourth-order valence-corrected chi connectivity index (χ4v) is 5.46. The summed E-state index contributed by atoms with van der Waals surface area (Å²) in [5.74, 6) is -0.145. The predicted octanol–water partition coefficient (Wildman–Crippen LogP) is 4.76. The van der Waals surface area contributed by atoms with E-state index in [0.29, 0.717) is 28.0 Å². The Kier molecular flexibility index (Phi) is 8.09. The van der Waals surface area contributed by atoms with Crippen LogP contribution in [0.3, 0.4) is 0 Å². The van der Waals surface area contributed by atoms with E-state index in [4.69, 9.17) is 4.74 Å². The third kappa shape index (κ3) is 6.73. The number of rotatable bonds is 9. The van der Waals surface area contributed by atoms with Gasteiger partial charge >= 0.3 is 6.18 Å². The smallest absolute Gasteiger partial charge is 0.416 e. The van der Waals surface area contributed by atoms with Gasteiger partial charge in [-0.15, -0.1) is 10.2 Å². The number of benzene rings is 3. The van der Waals surface area contributed by atoms with Crippen molar-refractivity contribution in [1.29, 1.82) is 0 Å². The van der Waals surface area contributed by atoms with Crippen LogP contribution < -0.4 is 14.8 Å². The van der Waals surface area contributed by atoms with Gasteiger partial charge in [0.25, 0.3) is 0 Å². The molecule has 198 valence electrons. The molecule has 0 aliphatic carbocycles. The van der Waals surface area contributed by atoms with E-state index in [0.717, 1.165) is 29.5 Å². The first-order valence-corrected chi connectivity index (χ1v) is 13.4. The predicted molar refractivity (Wildman–Crippen MR) is 136 cm³/mol. The standard InChI is InChI=1S/C25H21F3N4O4S2/c1-36-19-11-5-9-17(14-19)23-30-31-24(37-23)29-22(33)21(13-16-7-3-2-4-8-16)32-38(34,35)20-12-6-10-18(15-20)25(26,27)28/h2-12,14-15,21,32H,13H2,1H3,(H,29,31,33)/t21-/m1/s1. The van der Waals surface area contributed by atoms with Crippen molar-refractivity contribution in [3.8, 4) is 16.3 Å². The maximum atomic E-state index is 13.2. The maximum Gasteiger partial charge on any atom is 0.416 e. The lowest BCUT2D eigenvalue weighted by atomic mass is 10.1. The molecule has 4 aromatic rings. The number of nitrogens with one attached hydrogen (secondary N) is 2. The molecule has 1 amide bonds. The summed E-state index contributed by atoms with van der Waals surface area (Å²) in [5.41, 5.74) is 0.213. The second-order valence-electron chi connectivity index (χ2n) is 8.02. The third-order valence-corrected chi connectivity index (χ3v) is 7.70. The van der Waals surface area contributed by atoms with Crippen LogP contribution in [0.25, 0.3) is 10.6 Å². The van der Waals surface area contributed by atoms with Crippen molar-refractivity contribution in [1.82, 2.24) is 14.9 Å². The van der Waals surface area contributed by atoms with Crippen LogP contribution in [0.4, 0.5) is 18.3 Å². The van der Waals surface area contributed by atoms with Crippen LogP contribution in [0, 0.1) is 0 Å². The molecule has 38 heavy (non-hydrogen) atoms. The Morgan fingerprint density at radius 2 is 1.74 bits per heavy atom. The topological polar surface area (TPSA) is 110 Å². The Hall–Kier alpha value is -3.81. The number of anilines is 1. The molecule has 0 aliphatic rings. The SMILES string of the molecule is COc1cccc(-c2nnc(NC(=O)[C@@H](Cc3ccccc3)NS(=O)(=O)c3cccc(C(F)(F)F)c3)s2)c1. The van der Waals surface area contributed by atoms with Gasteiger partial charge in [0, 0.05) is 5.56 Å². The summed E-state index contributed by atoms with van der Waals surface area (Å²) in [6.45, 7) is 0. The lowest BCUT2D eigenvalue weighted by Gasteiger charge is -2.18. The zero-order chi connectivity index (χ0) is 27.3. The van der Waals surface area contributed by atoms with Gasteiger partial charge in [-0.05, 0) is 42.3 Å². The van der Waals surface area contributed by atoms with E-state index in [1.165, 1.54) is 7.11 Å². The van der Waals surface area contributed by atoms with Crippen molar-refractivity contribution < 1.29 is 31.1 Å². The van der Waals surface area contributed by atoms with Gasteiger partial charge in [0.2, 0.25) is 21.1 Å². The molecular weight excluding hydrogens is 541 g/mol. The molecule has 8 nitrogen and oxygen atoms in total. The Morgan fingerprint density at radius 1 is 1.00 bits per heavy atom. The highest BCUT2D eigenvalue weighted by atomic mass is 32.2. The molecule has 13 heteroatoms. The largest absolute Gasteiger partial charge is 0.497 e. The molecule has 0 fully saturated rings. The van der Waals surface area contributed by atoms with Crippen molar-refractivity contribution in [2.24, 2.45) is 0 Å². The lowest BCUT2D eigenvalue weighted by molar-refractivity contribution is -0.137. The summed E-state index contributed by atoms with van der Waals surface area (Å²) in [6, 6.07) is 17.6. The highest BCUT2D eigenvalue weighted by Crippen LogP contribution is 2.31. The van der Waals surface area contributed by atoms with E-state index in [2.05, 4.69) is 20.2 Å². The molecule has 0 spiro atoms. The minimum atomic E-state index is -4.73. The van der Waals surface area contributed by atoms with Gasteiger partial charge < -0.3 is 4.74 Å². The summed E-state index contributed by atoms with van der Waals surface area (Å²) in [6.07, 6.45) is -4.79. The number of sulfonamides is 1. The van der Waals surface area contributed by atoms with Crippen molar-refractivity contribution in [2.75, 3.05) is 12.4 Å². The Balaban J connectivity index is 1.58. The van der Waals surface area contributed by atoms with E-state index in [9.17, 15) is 26.4 Å². The number of amides is 1. The fourth-order valence-electron chi connectivity index (χ4n) is 3.47. The number of alkyl halides is 3. The molecule has 0 bridgehead atoms. The normalized spacial score (nSPS) is 12.6. The maximum absolute atomic E-state index is 13.2. The highest BCUT2D eigenvalue weighted by Gasteiger charge is 2.33. The Morgan fingerprint density at radius 3 is 2.45 bits per heavy atom. The van der Waals surface area contributed by atoms with E-state index in [-0.39, 0.29) is 11.6 Å². The Bertz CT molecular complexity index is 1530. The number of halogens is 3. The van der Waals surface area contributed by atoms with Crippen molar-refractivity contribution in [2.45, 2.75) is 23.5 Å². The first kappa shape index (κ1) is 27.2. The zero-order valence-corrected chi connectivity index (χ0v) is 21.4. The summed E-state index contributed by atoms with van der Waals surface area (Å²) in [5, 5.41) is 11.2. The zero-order valence-electron chi connectivity index (χ0n) is 19.8. The number of ether oxygens (including phenoxy) is 1. The first-order chi connectivity index (χ1) is 18.0. The molecule has 0 unspecified atom stereocenters. The molecule has 0 saturated heterocycles. The number of nitrogens with zero attached hydrogens (tertiary/aromatic N) is 2. The molecule has 1 aromatic heterocycles. The molecule has 0 saturated carbocycles. The number of methoxy groups -OCH3 is 1. The van der Waals surface area contributed by atoms with Crippen molar-refractivity contribution in [3.05, 3.63) is 90.0 Å². The second kappa shape index (κ2) is 11.3. The van der Waals surface area contributed by atoms with E-state index in [1.807, 2.05) is 0 Å². The molecule has 1 heterocycles. The van der Waals surface area contributed by atoms with Crippen LogP contribution in [0.5, 0.6) is 5.75 Å². The monoisotopic (exact) mass is 562 g/mol. The third-order valence-electron chi connectivity index (χ3n) is 5.34. The minimum absolute atomic E-state index is 0.0631. The van der Waals surface area contributed by atoms with Crippen LogP contribution >= 0.6 is 11.3 Å². The summed E-state index contributed by atoms with van der Waals surface area (Å²) >= 11 is 1.06. The van der Waals surface area contributed by atoms with E-state index in [1.54, 1.807) is 54.6 Å². The van der Waals surface area contributed by atoms with E-state index < -0.39 is 38.6 Å². The van der Waals surface area contributed by atoms with Crippen molar-refractivity contribution in [3.63, 3.8) is 0 Å².